The van der Waals surface area contributed by atoms with Crippen LogP contribution >= 0.6 is 0 Å². The van der Waals surface area contributed by atoms with Crippen LogP contribution in [-0.2, 0) is 4.74 Å². The Morgan fingerprint density at radius 2 is 1.48 bits per heavy atom. The number of benzene rings is 2. The zero-order valence-corrected chi connectivity index (χ0v) is 16.9. The van der Waals surface area contributed by atoms with Crippen LogP contribution in [0.3, 0.4) is 0 Å². The first-order valence-electron chi connectivity index (χ1n) is 10.2. The lowest BCUT2D eigenvalue weighted by molar-refractivity contribution is 0.0497. The average Bonchev–Trinajstić information content (AvgIpc) is 2.76. The Kier molecular flexibility index (Phi) is 9.63. The van der Waals surface area contributed by atoms with Gasteiger partial charge in [0.05, 0.1) is 23.3 Å². The van der Waals surface area contributed by atoms with E-state index < -0.39 is 11.9 Å². The molecular formula is C24H28O5. The van der Waals surface area contributed by atoms with Crippen LogP contribution < -0.4 is 4.74 Å². The first-order chi connectivity index (χ1) is 14.2. The molecular weight excluding hydrogens is 368 g/mol. The van der Waals surface area contributed by atoms with E-state index in [1.807, 2.05) is 0 Å². The number of para-hydroxylation sites is 1. The van der Waals surface area contributed by atoms with Gasteiger partial charge in [0.2, 0.25) is 0 Å². The maximum absolute atomic E-state index is 12.4. The van der Waals surface area contributed by atoms with Crippen LogP contribution in [0.4, 0.5) is 0 Å². The Bertz CT molecular complexity index is 812. The molecule has 0 saturated heterocycles. The number of rotatable bonds is 12. The van der Waals surface area contributed by atoms with Crippen LogP contribution in [0, 0.1) is 0 Å². The fourth-order valence-electron chi connectivity index (χ4n) is 2.91. The zero-order chi connectivity index (χ0) is 20.9. The molecule has 0 heterocycles. The average molecular weight is 396 g/mol. The van der Waals surface area contributed by atoms with Crippen LogP contribution in [-0.4, -0.2) is 24.8 Å². The lowest BCUT2D eigenvalue weighted by Crippen LogP contribution is -2.12. The lowest BCUT2D eigenvalue weighted by atomic mass is 10.1. The van der Waals surface area contributed by atoms with E-state index in [4.69, 9.17) is 9.47 Å². The van der Waals surface area contributed by atoms with Gasteiger partial charge >= 0.3 is 11.9 Å². The molecule has 0 fully saturated rings. The molecule has 0 spiro atoms. The molecule has 0 amide bonds. The van der Waals surface area contributed by atoms with Crippen LogP contribution in [0.15, 0.2) is 48.5 Å². The summed E-state index contributed by atoms with van der Waals surface area (Å²) in [6.45, 7) is 2.56. The van der Waals surface area contributed by atoms with Crippen molar-refractivity contribution in [3.63, 3.8) is 0 Å². The molecule has 2 aromatic carbocycles. The molecule has 0 saturated carbocycles. The predicted molar refractivity (Wildman–Crippen MR) is 112 cm³/mol. The number of hydrogen-bond donors (Lipinski definition) is 0. The highest BCUT2D eigenvalue weighted by atomic mass is 16.5. The Hall–Kier alpha value is -2.95. The normalized spacial score (nSPS) is 10.4. The number of aldehydes is 1. The van der Waals surface area contributed by atoms with E-state index in [1.165, 1.54) is 31.7 Å². The smallest absolute Gasteiger partial charge is 0.343 e. The number of esters is 2. The topological polar surface area (TPSA) is 69.7 Å². The molecule has 154 valence electrons. The van der Waals surface area contributed by atoms with Gasteiger partial charge in [0.15, 0.2) is 6.29 Å². The van der Waals surface area contributed by atoms with E-state index in [9.17, 15) is 14.4 Å². The zero-order valence-electron chi connectivity index (χ0n) is 16.9. The second-order valence-electron chi connectivity index (χ2n) is 6.88. The summed E-state index contributed by atoms with van der Waals surface area (Å²) in [6, 6.07) is 12.7. The van der Waals surface area contributed by atoms with Gasteiger partial charge in [-0.3, -0.25) is 4.79 Å². The molecule has 0 radical (unpaired) electrons. The van der Waals surface area contributed by atoms with Crippen molar-refractivity contribution in [1.82, 2.24) is 0 Å². The Balaban J connectivity index is 1.84. The Labute approximate surface area is 172 Å². The van der Waals surface area contributed by atoms with Crippen molar-refractivity contribution in [2.75, 3.05) is 6.61 Å². The van der Waals surface area contributed by atoms with Crippen LogP contribution in [0.2, 0.25) is 0 Å². The second kappa shape index (κ2) is 12.5. The summed E-state index contributed by atoms with van der Waals surface area (Å²) in [5.41, 5.74) is 0.799. The molecule has 2 aromatic rings. The van der Waals surface area contributed by atoms with Crippen molar-refractivity contribution in [3.05, 3.63) is 65.2 Å². The summed E-state index contributed by atoms with van der Waals surface area (Å²) in [6.07, 6.45) is 8.64. The minimum absolute atomic E-state index is 0.180. The molecule has 0 atom stereocenters. The third-order valence-electron chi connectivity index (χ3n) is 4.56. The van der Waals surface area contributed by atoms with E-state index in [1.54, 1.807) is 42.5 Å². The van der Waals surface area contributed by atoms with Gasteiger partial charge in [0, 0.05) is 0 Å². The van der Waals surface area contributed by atoms with E-state index in [-0.39, 0.29) is 16.9 Å². The Morgan fingerprint density at radius 1 is 0.828 bits per heavy atom. The fraction of sp³-hybridized carbons (Fsp3) is 0.375. The molecule has 29 heavy (non-hydrogen) atoms. The monoisotopic (exact) mass is 396 g/mol. The maximum atomic E-state index is 12.4. The molecule has 5 nitrogen and oxygen atoms in total. The standard InChI is InChI=1S/C24H28O5/c1-2-3-4-5-6-7-10-16-28-23(26)19-13-11-14-20(17-19)24(27)29-22-15-9-8-12-21(22)18-25/h8-9,11-15,17-18H,2-7,10,16H2,1H3. The fourth-order valence-corrected chi connectivity index (χ4v) is 2.91. The summed E-state index contributed by atoms with van der Waals surface area (Å²) in [4.78, 5) is 35.7. The van der Waals surface area contributed by atoms with Crippen LogP contribution in [0.5, 0.6) is 5.75 Å². The summed E-state index contributed by atoms with van der Waals surface area (Å²) in [5.74, 6) is -0.917. The molecule has 0 aliphatic heterocycles. The van der Waals surface area contributed by atoms with Gasteiger partial charge in [-0.1, -0.05) is 63.6 Å². The van der Waals surface area contributed by atoms with Crippen LogP contribution in [0.1, 0.15) is 82.9 Å². The van der Waals surface area contributed by atoms with E-state index in [0.29, 0.717) is 18.5 Å². The first-order valence-corrected chi connectivity index (χ1v) is 10.2. The van der Waals surface area contributed by atoms with Gasteiger partial charge in [-0.25, -0.2) is 9.59 Å². The molecule has 0 bridgehead atoms. The number of carbonyl (C=O) groups is 3. The number of ether oxygens (including phenoxy) is 2. The number of hydrogen-bond acceptors (Lipinski definition) is 5. The van der Waals surface area contributed by atoms with Gasteiger partial charge < -0.3 is 9.47 Å². The van der Waals surface area contributed by atoms with Gasteiger partial charge in [0.25, 0.3) is 0 Å². The van der Waals surface area contributed by atoms with E-state index >= 15 is 0 Å². The first kappa shape index (κ1) is 22.3. The number of unbranched alkanes of at least 4 members (excludes halogenated alkanes) is 6. The summed E-state index contributed by atoms with van der Waals surface area (Å²) < 4.78 is 10.6. The van der Waals surface area contributed by atoms with Crippen molar-refractivity contribution >= 4 is 18.2 Å². The number of carbonyl (C=O) groups excluding carboxylic acids is 3. The molecule has 0 N–H and O–H groups in total. The van der Waals surface area contributed by atoms with Crippen molar-refractivity contribution in [2.45, 2.75) is 51.9 Å². The summed E-state index contributed by atoms with van der Waals surface area (Å²) in [5, 5.41) is 0. The molecule has 0 unspecified atom stereocenters. The highest BCUT2D eigenvalue weighted by molar-refractivity contribution is 5.96. The highest BCUT2D eigenvalue weighted by Gasteiger charge is 2.14. The molecule has 2 rings (SSSR count). The highest BCUT2D eigenvalue weighted by Crippen LogP contribution is 2.18. The second-order valence-corrected chi connectivity index (χ2v) is 6.88. The largest absolute Gasteiger partial charge is 0.462 e. The molecule has 0 aromatic heterocycles. The maximum Gasteiger partial charge on any atom is 0.343 e. The van der Waals surface area contributed by atoms with E-state index in [0.717, 1.165) is 19.3 Å². The predicted octanol–water partition coefficient (Wildman–Crippen LogP) is 5.63. The van der Waals surface area contributed by atoms with Crippen molar-refractivity contribution < 1.29 is 23.9 Å². The SMILES string of the molecule is CCCCCCCCCOC(=O)c1cccc(C(=O)Oc2ccccc2C=O)c1. The minimum atomic E-state index is -0.638. The summed E-state index contributed by atoms with van der Waals surface area (Å²) in [7, 11) is 0. The third kappa shape index (κ3) is 7.53. The van der Waals surface area contributed by atoms with Crippen molar-refractivity contribution in [2.24, 2.45) is 0 Å². The van der Waals surface area contributed by atoms with Crippen molar-refractivity contribution in [3.8, 4) is 5.75 Å². The molecule has 0 aliphatic carbocycles. The van der Waals surface area contributed by atoms with Gasteiger partial charge in [0.1, 0.15) is 5.75 Å². The molecule has 0 aliphatic rings. The quantitative estimate of drug-likeness (QED) is 0.201. The minimum Gasteiger partial charge on any atom is -0.462 e. The Morgan fingerprint density at radius 3 is 2.21 bits per heavy atom. The van der Waals surface area contributed by atoms with Crippen LogP contribution in [0.25, 0.3) is 0 Å². The van der Waals surface area contributed by atoms with Gasteiger partial charge in [-0.05, 0) is 36.8 Å². The van der Waals surface area contributed by atoms with Gasteiger partial charge in [-0.2, -0.15) is 0 Å². The van der Waals surface area contributed by atoms with Crippen molar-refractivity contribution in [1.29, 1.82) is 0 Å². The molecule has 5 heteroatoms. The van der Waals surface area contributed by atoms with Gasteiger partial charge in [-0.15, -0.1) is 0 Å². The van der Waals surface area contributed by atoms with E-state index in [2.05, 4.69) is 6.92 Å². The lowest BCUT2D eigenvalue weighted by Gasteiger charge is -2.08. The summed E-state index contributed by atoms with van der Waals surface area (Å²) >= 11 is 0. The third-order valence-corrected chi connectivity index (χ3v) is 4.56.